The predicted molar refractivity (Wildman–Crippen MR) is 121 cm³/mol. The Hall–Kier alpha value is -2.21. The minimum atomic E-state index is -0.711. The van der Waals surface area contributed by atoms with Gasteiger partial charge in [-0.1, -0.05) is 57.4 Å². The zero-order valence-electron chi connectivity index (χ0n) is 15.2. The average Bonchev–Trinajstić information content (AvgIpc) is 2.54. The number of carboxylic acids is 1. The summed E-state index contributed by atoms with van der Waals surface area (Å²) in [7, 11) is 0. The average molecular weight is 410 g/mol. The van der Waals surface area contributed by atoms with E-state index in [0.717, 1.165) is 32.2 Å². The smallest absolute Gasteiger partial charge is 0.303 e. The van der Waals surface area contributed by atoms with Crippen LogP contribution in [-0.4, -0.2) is 36.2 Å². The highest BCUT2D eigenvalue weighted by Crippen LogP contribution is 1.88. The van der Waals surface area contributed by atoms with Crippen LogP contribution in [0.5, 0.6) is 0 Å². The van der Waals surface area contributed by atoms with Crippen molar-refractivity contribution in [2.75, 3.05) is 13.1 Å². The third-order valence-corrected chi connectivity index (χ3v) is 1.77. The van der Waals surface area contributed by atoms with Gasteiger partial charge in [-0.25, -0.2) is 9.79 Å². The first kappa shape index (κ1) is 50.1. The molecule has 1 amide bonds. The van der Waals surface area contributed by atoms with Crippen molar-refractivity contribution in [1.29, 1.82) is 0 Å². The summed E-state index contributed by atoms with van der Waals surface area (Å²) in [5.41, 5.74) is 12.7. The van der Waals surface area contributed by atoms with E-state index in [0.29, 0.717) is 19.4 Å². The summed E-state index contributed by atoms with van der Waals surface area (Å²) in [6, 6.07) is 0. The van der Waals surface area contributed by atoms with Gasteiger partial charge in [0, 0.05) is 17.8 Å². The molecular formula is C19H47N5O4. The van der Waals surface area contributed by atoms with E-state index < -0.39 is 5.97 Å². The summed E-state index contributed by atoms with van der Waals surface area (Å²) in [4.78, 5) is 34.7. The fourth-order valence-corrected chi connectivity index (χ4v) is 0.685. The number of carbonyl (C=O) groups is 2. The molecule has 0 unspecified atom stereocenters. The molecule has 172 valence electrons. The van der Waals surface area contributed by atoms with Gasteiger partial charge in [-0.05, 0) is 42.9 Å². The summed E-state index contributed by atoms with van der Waals surface area (Å²) in [5, 5.41) is 10.8. The van der Waals surface area contributed by atoms with Crippen molar-refractivity contribution in [2.45, 2.75) is 95.9 Å². The number of aliphatic carboxylic acids is 1. The largest absolute Gasteiger partial charge is 0.481 e. The zero-order valence-corrected chi connectivity index (χ0v) is 15.2. The summed E-state index contributed by atoms with van der Waals surface area (Å²) >= 11 is 0. The highest BCUT2D eigenvalue weighted by Gasteiger charge is 1.91. The molecule has 0 saturated heterocycles. The van der Waals surface area contributed by atoms with Crippen LogP contribution in [0.4, 0.5) is 0 Å². The molecule has 0 rings (SSSR count). The lowest BCUT2D eigenvalue weighted by Gasteiger charge is -1.81. The minimum Gasteiger partial charge on any atom is -0.481 e. The number of nitrogens with two attached hydrogens (primary N) is 1. The Morgan fingerprint density at radius 3 is 1.54 bits per heavy atom. The van der Waals surface area contributed by atoms with E-state index in [2.05, 4.69) is 21.9 Å². The van der Waals surface area contributed by atoms with Crippen molar-refractivity contribution in [2.24, 2.45) is 15.8 Å². The lowest BCUT2D eigenvalue weighted by molar-refractivity contribution is -0.137. The maximum Gasteiger partial charge on any atom is 0.303 e. The standard InChI is InChI=1S/C4H7N3O.C4H7NO.C4H8O2.C3H9N.4CH4/c1-2-3-4(8)6-7-5;1-2-3-5-4-6;1-2-3-4(5)6;1-2-3-4;;;;/h2-3H2,1H3;2-3H2,1H3;2-3H2,1H3,(H,5,6);2-4H2,1H3;4*1H4. The second-order valence-electron chi connectivity index (χ2n) is 4.24. The molecule has 0 aliphatic heterocycles. The Labute approximate surface area is 173 Å². The fourth-order valence-electron chi connectivity index (χ4n) is 0.685. The Morgan fingerprint density at radius 1 is 0.964 bits per heavy atom. The molecular weight excluding hydrogens is 362 g/mol. The first-order chi connectivity index (χ1) is 11.4. The molecule has 0 spiro atoms. The van der Waals surface area contributed by atoms with Crippen LogP contribution in [0.25, 0.3) is 10.4 Å². The van der Waals surface area contributed by atoms with Crippen molar-refractivity contribution < 1.29 is 19.5 Å². The van der Waals surface area contributed by atoms with Gasteiger partial charge < -0.3 is 10.8 Å². The second-order valence-corrected chi connectivity index (χ2v) is 4.24. The Bertz CT molecular complexity index is 373. The molecule has 3 N–H and O–H groups in total. The number of hydrogen-bond donors (Lipinski definition) is 2. The van der Waals surface area contributed by atoms with Gasteiger partial charge in [0.2, 0.25) is 12.0 Å². The van der Waals surface area contributed by atoms with Gasteiger partial charge in [0.15, 0.2) is 0 Å². The maximum atomic E-state index is 10.2. The van der Waals surface area contributed by atoms with Gasteiger partial charge in [-0.3, -0.25) is 9.59 Å². The van der Waals surface area contributed by atoms with Gasteiger partial charge >= 0.3 is 5.97 Å². The van der Waals surface area contributed by atoms with Gasteiger partial charge in [0.05, 0.1) is 6.54 Å². The number of amides is 1. The first-order valence-electron chi connectivity index (χ1n) is 7.94. The Balaban J connectivity index is -0.0000000310. The van der Waals surface area contributed by atoms with Gasteiger partial charge in [-0.15, -0.1) is 0 Å². The molecule has 0 aromatic heterocycles. The normalized spacial score (nSPS) is 6.46. The summed E-state index contributed by atoms with van der Waals surface area (Å²) in [6.45, 7) is 9.14. The second kappa shape index (κ2) is 56.3. The van der Waals surface area contributed by atoms with Crippen LogP contribution in [0.2, 0.25) is 0 Å². The summed E-state index contributed by atoms with van der Waals surface area (Å²) < 4.78 is 0. The van der Waals surface area contributed by atoms with E-state index in [1.54, 1.807) is 0 Å². The highest BCUT2D eigenvalue weighted by atomic mass is 16.4. The highest BCUT2D eigenvalue weighted by molar-refractivity contribution is 5.76. The number of aliphatic imine (C=N–C) groups is 1. The van der Waals surface area contributed by atoms with E-state index in [4.69, 9.17) is 16.4 Å². The fraction of sp³-hybridized carbons (Fsp3) is 0.842. The molecule has 0 saturated carbocycles. The molecule has 0 atom stereocenters. The predicted octanol–water partition coefficient (Wildman–Crippen LogP) is 6.13. The quantitative estimate of drug-likeness (QED) is 0.170. The molecule has 9 nitrogen and oxygen atoms in total. The molecule has 0 radical (unpaired) electrons. The molecule has 0 aromatic rings. The molecule has 0 aliphatic rings. The van der Waals surface area contributed by atoms with E-state index >= 15 is 0 Å². The van der Waals surface area contributed by atoms with Crippen molar-refractivity contribution in [3.05, 3.63) is 10.4 Å². The monoisotopic (exact) mass is 409 g/mol. The third-order valence-electron chi connectivity index (χ3n) is 1.77. The van der Waals surface area contributed by atoms with Crippen LogP contribution >= 0.6 is 0 Å². The number of carboxylic acid groups (broad SMARTS) is 1. The lowest BCUT2D eigenvalue weighted by Crippen LogP contribution is -1.93. The lowest BCUT2D eigenvalue weighted by atomic mass is 10.3. The topological polar surface area (TPSA) is 159 Å². The third kappa shape index (κ3) is 106. The molecule has 0 aromatic carbocycles. The Morgan fingerprint density at radius 2 is 1.39 bits per heavy atom. The maximum absolute atomic E-state index is 10.2. The number of isocyanates is 1. The van der Waals surface area contributed by atoms with Gasteiger partial charge in [0.1, 0.15) is 0 Å². The van der Waals surface area contributed by atoms with Crippen LogP contribution in [0.1, 0.15) is 95.9 Å². The SMILES string of the molecule is C.C.C.C.CCCC(=O)N=[N+]=[N-].CCCC(=O)O.CCCN.CCCN=C=O. The van der Waals surface area contributed by atoms with Crippen molar-refractivity contribution in [3.8, 4) is 0 Å². The molecule has 9 heteroatoms. The summed E-state index contributed by atoms with van der Waals surface area (Å²) in [5.74, 6) is -1.09. The minimum absolute atomic E-state index is 0. The van der Waals surface area contributed by atoms with Crippen LogP contribution in [0.15, 0.2) is 10.1 Å². The van der Waals surface area contributed by atoms with E-state index in [1.165, 1.54) is 6.08 Å². The van der Waals surface area contributed by atoms with E-state index in [1.807, 2.05) is 20.8 Å². The van der Waals surface area contributed by atoms with Crippen molar-refractivity contribution in [3.63, 3.8) is 0 Å². The van der Waals surface area contributed by atoms with Crippen LogP contribution < -0.4 is 5.73 Å². The number of hydrogen-bond acceptors (Lipinski definition) is 5. The molecule has 0 fully saturated rings. The summed E-state index contributed by atoms with van der Waals surface area (Å²) in [6.07, 6.45) is 5.58. The number of azide groups is 1. The Kier molecular flexibility index (Phi) is 101. The molecule has 0 bridgehead atoms. The molecule has 0 aliphatic carbocycles. The van der Waals surface area contributed by atoms with Crippen molar-refractivity contribution in [1.82, 2.24) is 0 Å². The van der Waals surface area contributed by atoms with Gasteiger partial charge in [0.25, 0.3) is 0 Å². The van der Waals surface area contributed by atoms with Crippen LogP contribution in [0.3, 0.4) is 0 Å². The zero-order chi connectivity index (χ0) is 19.6. The number of carbonyl (C=O) groups excluding carboxylic acids is 2. The number of nitrogens with zero attached hydrogens (tertiary/aromatic N) is 4. The molecule has 28 heavy (non-hydrogen) atoms. The van der Waals surface area contributed by atoms with E-state index in [-0.39, 0.29) is 35.6 Å². The van der Waals surface area contributed by atoms with Crippen LogP contribution in [0, 0.1) is 0 Å². The van der Waals surface area contributed by atoms with Gasteiger partial charge in [-0.2, -0.15) is 0 Å². The first-order valence-corrected chi connectivity index (χ1v) is 7.94. The number of rotatable bonds is 7. The van der Waals surface area contributed by atoms with E-state index in [9.17, 15) is 14.4 Å². The van der Waals surface area contributed by atoms with Crippen LogP contribution in [-0.2, 0) is 14.4 Å². The van der Waals surface area contributed by atoms with Crippen molar-refractivity contribution >= 4 is 18.0 Å². The molecule has 0 heterocycles.